The zero-order valence-electron chi connectivity index (χ0n) is 26.1. The standard InChI is InChI=1S/C36H39N3O6S/c1-43-33-19-18-31(25-34(33)44-2)46(41,42)39-26-30(45-29-16-10-5-11-17-29)24-32(39)36(40)38-22-20-37(21-23-38)35(27-12-6-3-7-13-27)28-14-8-4-9-15-28/h3-19,25,30,32,35H,20-24,26H2,1-2H3/t30-,32-/m0/s1. The second-order valence-electron chi connectivity index (χ2n) is 11.5. The Hall–Kier alpha value is -4.38. The van der Waals surface area contributed by atoms with Gasteiger partial charge in [-0.2, -0.15) is 4.31 Å². The first-order chi connectivity index (χ1) is 22.4. The second kappa shape index (κ2) is 13.9. The summed E-state index contributed by atoms with van der Waals surface area (Å²) < 4.78 is 46.5. The third kappa shape index (κ3) is 6.60. The summed E-state index contributed by atoms with van der Waals surface area (Å²) in [6.45, 7) is 2.32. The Morgan fingerprint density at radius 3 is 1.87 bits per heavy atom. The molecule has 4 aromatic carbocycles. The molecule has 2 heterocycles. The molecule has 0 N–H and O–H groups in total. The minimum absolute atomic E-state index is 0.0293. The smallest absolute Gasteiger partial charge is 0.244 e. The largest absolute Gasteiger partial charge is 0.493 e. The van der Waals surface area contributed by atoms with Gasteiger partial charge in [-0.3, -0.25) is 9.69 Å². The van der Waals surface area contributed by atoms with Crippen LogP contribution in [0, 0.1) is 0 Å². The topological polar surface area (TPSA) is 88.6 Å². The molecule has 6 rings (SSSR count). The number of hydrogen-bond donors (Lipinski definition) is 0. The van der Waals surface area contributed by atoms with Crippen LogP contribution >= 0.6 is 0 Å². The summed E-state index contributed by atoms with van der Waals surface area (Å²) in [6, 6.07) is 33.7. The zero-order chi connectivity index (χ0) is 32.1. The highest BCUT2D eigenvalue weighted by Gasteiger charge is 2.47. The van der Waals surface area contributed by atoms with Gasteiger partial charge in [0.15, 0.2) is 11.5 Å². The molecule has 1 amide bonds. The number of hydrogen-bond acceptors (Lipinski definition) is 7. The van der Waals surface area contributed by atoms with E-state index in [-0.39, 0.29) is 29.8 Å². The maximum absolute atomic E-state index is 14.2. The van der Waals surface area contributed by atoms with Crippen LogP contribution in [-0.4, -0.2) is 87.5 Å². The van der Waals surface area contributed by atoms with Crippen LogP contribution in [0.4, 0.5) is 0 Å². The molecule has 0 radical (unpaired) electrons. The predicted molar refractivity (Wildman–Crippen MR) is 176 cm³/mol. The second-order valence-corrected chi connectivity index (χ2v) is 13.4. The van der Waals surface area contributed by atoms with Crippen LogP contribution in [0.3, 0.4) is 0 Å². The normalized spacial score (nSPS) is 19.2. The number of carbonyl (C=O) groups is 1. The number of benzene rings is 4. The molecule has 2 aliphatic rings. The van der Waals surface area contributed by atoms with Gasteiger partial charge in [-0.05, 0) is 35.4 Å². The average Bonchev–Trinajstić information content (AvgIpc) is 3.54. The van der Waals surface area contributed by atoms with Gasteiger partial charge in [0.1, 0.15) is 17.9 Å². The van der Waals surface area contributed by atoms with Crippen LogP contribution in [0.25, 0.3) is 0 Å². The summed E-state index contributed by atoms with van der Waals surface area (Å²) in [5, 5.41) is 0. The van der Waals surface area contributed by atoms with Crippen molar-refractivity contribution in [3.05, 3.63) is 120 Å². The number of rotatable bonds is 10. The van der Waals surface area contributed by atoms with Gasteiger partial charge in [0.2, 0.25) is 15.9 Å². The van der Waals surface area contributed by atoms with Crippen molar-refractivity contribution in [2.75, 3.05) is 46.9 Å². The van der Waals surface area contributed by atoms with Crippen LogP contribution in [0.15, 0.2) is 114 Å². The van der Waals surface area contributed by atoms with Crippen molar-refractivity contribution in [2.45, 2.75) is 29.5 Å². The molecule has 2 atom stereocenters. The summed E-state index contributed by atoms with van der Waals surface area (Å²) in [7, 11) is -1.14. The highest BCUT2D eigenvalue weighted by atomic mass is 32.2. The van der Waals surface area contributed by atoms with E-state index in [0.717, 1.165) is 0 Å². The molecule has 240 valence electrons. The molecule has 2 fully saturated rings. The first-order valence-electron chi connectivity index (χ1n) is 15.5. The number of carbonyl (C=O) groups excluding carboxylic acids is 1. The van der Waals surface area contributed by atoms with Crippen LogP contribution in [0.1, 0.15) is 23.6 Å². The summed E-state index contributed by atoms with van der Waals surface area (Å²) in [5.41, 5.74) is 2.38. The highest BCUT2D eigenvalue weighted by Crippen LogP contribution is 2.35. The fourth-order valence-corrected chi connectivity index (χ4v) is 8.08. The first-order valence-corrected chi connectivity index (χ1v) is 16.9. The molecule has 4 aromatic rings. The number of para-hydroxylation sites is 1. The fraction of sp³-hybridized carbons (Fsp3) is 0.306. The third-order valence-corrected chi connectivity index (χ3v) is 10.6. The molecule has 0 saturated carbocycles. The Bertz CT molecular complexity index is 1680. The Labute approximate surface area is 271 Å². The van der Waals surface area contributed by atoms with Gasteiger partial charge in [0, 0.05) is 38.7 Å². The predicted octanol–water partition coefficient (Wildman–Crippen LogP) is 4.85. The molecular formula is C36H39N3O6S. The number of amides is 1. The van der Waals surface area contributed by atoms with E-state index in [4.69, 9.17) is 14.2 Å². The number of sulfonamides is 1. The van der Waals surface area contributed by atoms with Crippen molar-refractivity contribution in [1.82, 2.24) is 14.1 Å². The molecule has 9 nitrogen and oxygen atoms in total. The monoisotopic (exact) mass is 641 g/mol. The zero-order valence-corrected chi connectivity index (χ0v) is 26.9. The molecule has 0 aliphatic carbocycles. The van der Waals surface area contributed by atoms with E-state index in [1.54, 1.807) is 11.0 Å². The first kappa shape index (κ1) is 31.6. The van der Waals surface area contributed by atoms with E-state index in [2.05, 4.69) is 29.2 Å². The van der Waals surface area contributed by atoms with E-state index < -0.39 is 22.2 Å². The van der Waals surface area contributed by atoms with Gasteiger partial charge in [-0.25, -0.2) is 8.42 Å². The SMILES string of the molecule is COc1ccc(S(=O)(=O)N2C[C@@H](Oc3ccccc3)C[C@H]2C(=O)N2CCN(C(c3ccccc3)c3ccccc3)CC2)cc1OC. The van der Waals surface area contributed by atoms with Gasteiger partial charge >= 0.3 is 0 Å². The molecule has 2 saturated heterocycles. The van der Waals surface area contributed by atoms with Gasteiger partial charge in [0.05, 0.1) is 31.7 Å². The Morgan fingerprint density at radius 2 is 1.30 bits per heavy atom. The van der Waals surface area contributed by atoms with Crippen molar-refractivity contribution in [3.8, 4) is 17.2 Å². The van der Waals surface area contributed by atoms with Gasteiger partial charge in [-0.15, -0.1) is 0 Å². The molecule has 0 unspecified atom stereocenters. The maximum Gasteiger partial charge on any atom is 0.244 e. The van der Waals surface area contributed by atoms with Gasteiger partial charge in [0.25, 0.3) is 0 Å². The fourth-order valence-electron chi connectivity index (χ4n) is 6.44. The minimum Gasteiger partial charge on any atom is -0.493 e. The van der Waals surface area contributed by atoms with Crippen molar-refractivity contribution in [1.29, 1.82) is 0 Å². The quantitative estimate of drug-likeness (QED) is 0.245. The van der Waals surface area contributed by atoms with Crippen molar-refractivity contribution in [2.24, 2.45) is 0 Å². The summed E-state index contributed by atoms with van der Waals surface area (Å²) in [4.78, 5) is 18.5. The molecule has 10 heteroatoms. The van der Waals surface area contributed by atoms with E-state index in [1.165, 1.54) is 41.8 Å². The highest BCUT2D eigenvalue weighted by molar-refractivity contribution is 7.89. The van der Waals surface area contributed by atoms with Crippen molar-refractivity contribution in [3.63, 3.8) is 0 Å². The third-order valence-electron chi connectivity index (χ3n) is 8.73. The number of ether oxygens (including phenoxy) is 3. The lowest BCUT2D eigenvalue weighted by Gasteiger charge is -2.41. The van der Waals surface area contributed by atoms with Gasteiger partial charge < -0.3 is 19.1 Å². The van der Waals surface area contributed by atoms with Gasteiger partial charge in [-0.1, -0.05) is 78.9 Å². The summed E-state index contributed by atoms with van der Waals surface area (Å²) in [5.74, 6) is 1.14. The minimum atomic E-state index is -4.09. The van der Waals surface area contributed by atoms with Crippen LogP contribution < -0.4 is 14.2 Å². The van der Waals surface area contributed by atoms with Crippen LogP contribution in [0.5, 0.6) is 17.2 Å². The lowest BCUT2D eigenvalue weighted by molar-refractivity contribution is -0.136. The number of nitrogens with zero attached hydrogens (tertiary/aromatic N) is 3. The Kier molecular flexibility index (Phi) is 9.58. The molecular weight excluding hydrogens is 602 g/mol. The average molecular weight is 642 g/mol. The van der Waals surface area contributed by atoms with Crippen molar-refractivity contribution < 1.29 is 27.4 Å². The number of piperazine rings is 1. The molecule has 2 aliphatic heterocycles. The Morgan fingerprint density at radius 1 is 0.739 bits per heavy atom. The van der Waals surface area contributed by atoms with E-state index in [0.29, 0.717) is 43.4 Å². The van der Waals surface area contributed by atoms with Crippen LogP contribution in [-0.2, 0) is 14.8 Å². The van der Waals surface area contributed by atoms with E-state index >= 15 is 0 Å². The Balaban J connectivity index is 1.24. The molecule has 0 bridgehead atoms. The maximum atomic E-state index is 14.2. The van der Waals surface area contributed by atoms with Crippen molar-refractivity contribution >= 4 is 15.9 Å². The summed E-state index contributed by atoms with van der Waals surface area (Å²) in [6.07, 6.45) is -0.245. The molecule has 0 aromatic heterocycles. The molecule has 0 spiro atoms. The lowest BCUT2D eigenvalue weighted by atomic mass is 9.96. The van der Waals surface area contributed by atoms with Crippen LogP contribution in [0.2, 0.25) is 0 Å². The molecule has 46 heavy (non-hydrogen) atoms. The van der Waals surface area contributed by atoms with E-state index in [9.17, 15) is 13.2 Å². The van der Waals surface area contributed by atoms with E-state index in [1.807, 2.05) is 66.7 Å². The lowest BCUT2D eigenvalue weighted by Crippen LogP contribution is -2.54. The summed E-state index contributed by atoms with van der Waals surface area (Å²) >= 11 is 0. The number of methoxy groups -OCH3 is 2.